The van der Waals surface area contributed by atoms with Gasteiger partial charge in [-0.15, -0.1) is 0 Å². The number of rotatable bonds is 6. The van der Waals surface area contributed by atoms with E-state index in [0.717, 1.165) is 12.1 Å². The van der Waals surface area contributed by atoms with Crippen LogP contribution in [-0.2, 0) is 6.54 Å². The Bertz CT molecular complexity index is 599. The lowest BCUT2D eigenvalue weighted by molar-refractivity contribution is -0.688. The molecule has 2 aromatic rings. The molecule has 5 nitrogen and oxygen atoms in total. The van der Waals surface area contributed by atoms with Crippen LogP contribution in [0.1, 0.15) is 5.56 Å². The van der Waals surface area contributed by atoms with Crippen molar-refractivity contribution in [3.63, 3.8) is 0 Å². The lowest BCUT2D eigenvalue weighted by Gasteiger charge is -2.13. The molecular weight excluding hydrogens is 280 g/mol. The average molecular weight is 303 g/mol. The van der Waals surface area contributed by atoms with E-state index in [1.54, 1.807) is 21.3 Å². The fraction of sp³-hybridized carbons (Fsp3) is 0.353. The van der Waals surface area contributed by atoms with Crippen molar-refractivity contribution in [1.29, 1.82) is 0 Å². The van der Waals surface area contributed by atoms with Gasteiger partial charge in [-0.05, 0) is 12.1 Å². The minimum Gasteiger partial charge on any atom is -0.493 e. The summed E-state index contributed by atoms with van der Waals surface area (Å²) in [5.41, 5.74) is 2.25. The molecule has 0 amide bonds. The molecule has 0 atom stereocenters. The van der Waals surface area contributed by atoms with Crippen molar-refractivity contribution in [3.05, 3.63) is 42.2 Å². The Kier molecular flexibility index (Phi) is 5.09. The first-order valence-electron chi connectivity index (χ1n) is 7.04. The molecule has 0 bridgehead atoms. The number of nitrogens with zero attached hydrogens (tertiary/aromatic N) is 2. The summed E-state index contributed by atoms with van der Waals surface area (Å²) in [4.78, 5) is 2.07. The summed E-state index contributed by atoms with van der Waals surface area (Å²) in [6.45, 7) is 0.727. The summed E-state index contributed by atoms with van der Waals surface area (Å²) in [6.07, 6.45) is 4.11. The van der Waals surface area contributed by atoms with Crippen LogP contribution in [0, 0.1) is 0 Å². The van der Waals surface area contributed by atoms with Crippen molar-refractivity contribution in [1.82, 2.24) is 0 Å². The molecule has 0 radical (unpaired) electrons. The van der Waals surface area contributed by atoms with E-state index in [-0.39, 0.29) is 0 Å². The van der Waals surface area contributed by atoms with Crippen LogP contribution in [-0.4, -0.2) is 35.4 Å². The molecule has 0 saturated carbocycles. The SMILES string of the molecule is COc1cc(C[n+]2ccc(N(C)C)cc2)cc(OC)c1OC. The first-order valence-corrected chi connectivity index (χ1v) is 7.04. The number of anilines is 1. The molecule has 0 spiro atoms. The van der Waals surface area contributed by atoms with Crippen LogP contribution in [0.15, 0.2) is 36.7 Å². The predicted octanol–water partition coefficient (Wildman–Crippen LogP) is 2.11. The highest BCUT2D eigenvalue weighted by Gasteiger charge is 2.15. The summed E-state index contributed by atoms with van der Waals surface area (Å²) in [7, 11) is 8.91. The molecule has 1 aromatic heterocycles. The molecule has 0 saturated heterocycles. The fourth-order valence-corrected chi connectivity index (χ4v) is 2.29. The molecule has 5 heteroatoms. The molecule has 0 aliphatic rings. The largest absolute Gasteiger partial charge is 0.493 e. The Morgan fingerprint density at radius 2 is 1.45 bits per heavy atom. The summed E-state index contributed by atoms with van der Waals surface area (Å²) >= 11 is 0. The minimum absolute atomic E-state index is 0.613. The molecule has 0 aliphatic heterocycles. The summed E-state index contributed by atoms with van der Waals surface area (Å²) < 4.78 is 18.2. The van der Waals surface area contributed by atoms with E-state index >= 15 is 0 Å². The number of hydrogen-bond donors (Lipinski definition) is 0. The molecule has 1 heterocycles. The van der Waals surface area contributed by atoms with Gasteiger partial charge in [-0.3, -0.25) is 0 Å². The normalized spacial score (nSPS) is 10.2. The van der Waals surface area contributed by atoms with Gasteiger partial charge in [-0.2, -0.15) is 0 Å². The van der Waals surface area contributed by atoms with Gasteiger partial charge in [-0.1, -0.05) is 0 Å². The zero-order chi connectivity index (χ0) is 16.1. The van der Waals surface area contributed by atoms with Crippen molar-refractivity contribution < 1.29 is 18.8 Å². The van der Waals surface area contributed by atoms with Crippen LogP contribution in [0.25, 0.3) is 0 Å². The first-order chi connectivity index (χ1) is 10.6. The third-order valence-electron chi connectivity index (χ3n) is 3.48. The van der Waals surface area contributed by atoms with E-state index in [1.807, 2.05) is 26.2 Å². The standard InChI is InChI=1S/C17H23N2O3/c1-18(2)14-6-8-19(9-7-14)12-13-10-15(20-3)17(22-5)16(11-13)21-4/h6-11H,12H2,1-5H3/q+1. The number of benzene rings is 1. The maximum atomic E-state index is 5.39. The van der Waals surface area contributed by atoms with Crippen LogP contribution in [0.5, 0.6) is 17.2 Å². The van der Waals surface area contributed by atoms with E-state index in [2.05, 4.69) is 34.0 Å². The van der Waals surface area contributed by atoms with Gasteiger partial charge < -0.3 is 19.1 Å². The monoisotopic (exact) mass is 303 g/mol. The summed E-state index contributed by atoms with van der Waals surface area (Å²) in [6, 6.07) is 8.10. The highest BCUT2D eigenvalue weighted by molar-refractivity contribution is 5.53. The van der Waals surface area contributed by atoms with Gasteiger partial charge in [0.15, 0.2) is 30.4 Å². The van der Waals surface area contributed by atoms with Crippen LogP contribution in [0.3, 0.4) is 0 Å². The molecular formula is C17H23N2O3+. The van der Waals surface area contributed by atoms with Gasteiger partial charge in [0.25, 0.3) is 0 Å². The molecule has 118 valence electrons. The highest BCUT2D eigenvalue weighted by atomic mass is 16.5. The Hall–Kier alpha value is -2.43. The Morgan fingerprint density at radius 1 is 0.909 bits per heavy atom. The second-order valence-corrected chi connectivity index (χ2v) is 5.16. The maximum absolute atomic E-state index is 5.39. The van der Waals surface area contributed by atoms with Crippen LogP contribution in [0.4, 0.5) is 5.69 Å². The third-order valence-corrected chi connectivity index (χ3v) is 3.48. The lowest BCUT2D eigenvalue weighted by Crippen LogP contribution is -2.33. The molecule has 0 fully saturated rings. The summed E-state index contributed by atoms with van der Waals surface area (Å²) in [5, 5.41) is 0. The van der Waals surface area contributed by atoms with Crippen molar-refractivity contribution in [3.8, 4) is 17.2 Å². The van der Waals surface area contributed by atoms with E-state index in [9.17, 15) is 0 Å². The molecule has 0 aliphatic carbocycles. The average Bonchev–Trinajstić information content (AvgIpc) is 2.54. The van der Waals surface area contributed by atoms with Gasteiger partial charge in [0.2, 0.25) is 5.75 Å². The molecule has 0 N–H and O–H groups in total. The maximum Gasteiger partial charge on any atom is 0.203 e. The molecule has 0 unspecified atom stereocenters. The van der Waals surface area contributed by atoms with Crippen LogP contribution >= 0.6 is 0 Å². The quantitative estimate of drug-likeness (QED) is 0.766. The molecule has 1 aromatic carbocycles. The van der Waals surface area contributed by atoms with E-state index < -0.39 is 0 Å². The summed E-state index contributed by atoms with van der Waals surface area (Å²) in [5.74, 6) is 1.95. The van der Waals surface area contributed by atoms with Crippen LogP contribution in [0.2, 0.25) is 0 Å². The Morgan fingerprint density at radius 3 is 1.86 bits per heavy atom. The smallest absolute Gasteiger partial charge is 0.203 e. The van der Waals surface area contributed by atoms with Gasteiger partial charge in [0.05, 0.1) is 21.3 Å². The molecule has 2 rings (SSSR count). The van der Waals surface area contributed by atoms with Gasteiger partial charge in [0.1, 0.15) is 0 Å². The number of ether oxygens (including phenoxy) is 3. The number of methoxy groups -OCH3 is 3. The molecule has 22 heavy (non-hydrogen) atoms. The van der Waals surface area contributed by atoms with E-state index in [0.29, 0.717) is 17.2 Å². The van der Waals surface area contributed by atoms with Crippen molar-refractivity contribution in [2.24, 2.45) is 0 Å². The topological polar surface area (TPSA) is 34.8 Å². The number of aromatic nitrogens is 1. The Balaban J connectivity index is 2.29. The Labute approximate surface area is 131 Å². The number of hydrogen-bond acceptors (Lipinski definition) is 4. The highest BCUT2D eigenvalue weighted by Crippen LogP contribution is 2.38. The number of pyridine rings is 1. The van der Waals surface area contributed by atoms with E-state index in [1.165, 1.54) is 5.69 Å². The van der Waals surface area contributed by atoms with Crippen molar-refractivity contribution in [2.45, 2.75) is 6.54 Å². The third kappa shape index (κ3) is 3.42. The second-order valence-electron chi connectivity index (χ2n) is 5.16. The van der Waals surface area contributed by atoms with Crippen molar-refractivity contribution >= 4 is 5.69 Å². The van der Waals surface area contributed by atoms with Gasteiger partial charge >= 0.3 is 0 Å². The van der Waals surface area contributed by atoms with Gasteiger partial charge in [-0.25, -0.2) is 4.57 Å². The second kappa shape index (κ2) is 7.02. The predicted molar refractivity (Wildman–Crippen MR) is 86.2 cm³/mol. The lowest BCUT2D eigenvalue weighted by atomic mass is 10.1. The van der Waals surface area contributed by atoms with E-state index in [4.69, 9.17) is 14.2 Å². The fourth-order valence-electron chi connectivity index (χ4n) is 2.29. The first kappa shape index (κ1) is 15.9. The van der Waals surface area contributed by atoms with Gasteiger partial charge in [0, 0.05) is 37.5 Å². The van der Waals surface area contributed by atoms with Crippen LogP contribution < -0.4 is 23.7 Å². The minimum atomic E-state index is 0.613. The zero-order valence-electron chi connectivity index (χ0n) is 13.8. The zero-order valence-corrected chi connectivity index (χ0v) is 13.8. The van der Waals surface area contributed by atoms with Crippen molar-refractivity contribution in [2.75, 3.05) is 40.3 Å².